The average Bonchev–Trinajstić information content (AvgIpc) is 2.54. The van der Waals surface area contributed by atoms with E-state index in [2.05, 4.69) is 97.0 Å². The van der Waals surface area contributed by atoms with Crippen LogP contribution in [0.4, 0.5) is 5.69 Å². The molecule has 21 heavy (non-hydrogen) atoms. The fraction of sp³-hybridized carbons (Fsp3) is 0.278. The van der Waals surface area contributed by atoms with Crippen molar-refractivity contribution in [2.45, 2.75) is 13.5 Å². The van der Waals surface area contributed by atoms with Gasteiger partial charge in [0.05, 0.1) is 0 Å². The van der Waals surface area contributed by atoms with Gasteiger partial charge in [-0.25, -0.2) is 4.57 Å². The Hall–Kier alpha value is -1.74. The van der Waals surface area contributed by atoms with Gasteiger partial charge >= 0.3 is 0 Å². The van der Waals surface area contributed by atoms with Gasteiger partial charge in [0.25, 0.3) is 0 Å². The minimum atomic E-state index is 0.865. The van der Waals surface area contributed by atoms with Gasteiger partial charge in [0.1, 0.15) is 6.54 Å². The lowest BCUT2D eigenvalue weighted by atomic mass is 10.1. The fourth-order valence-corrected chi connectivity index (χ4v) is 2.40. The minimum absolute atomic E-state index is 0.865. The predicted octanol–water partition coefficient (Wildman–Crippen LogP) is 3.53. The summed E-state index contributed by atoms with van der Waals surface area (Å²) in [7, 11) is 2.09. The Morgan fingerprint density at radius 2 is 1.57 bits per heavy atom. The maximum absolute atomic E-state index is 4.26. The second-order valence-corrected chi connectivity index (χ2v) is 5.48. The van der Waals surface area contributed by atoms with Gasteiger partial charge < -0.3 is 4.90 Å². The van der Waals surface area contributed by atoms with Gasteiger partial charge in [-0.1, -0.05) is 24.3 Å². The smallest absolute Gasteiger partial charge is 0.169 e. The SMILES string of the molecule is CC[n+]1ccc(/C=C/c2ccc(N(C)CCS)cc2)cc1. The topological polar surface area (TPSA) is 7.12 Å². The minimum Gasteiger partial charge on any atom is -0.374 e. The van der Waals surface area contributed by atoms with Crippen molar-refractivity contribution in [2.75, 3.05) is 24.2 Å². The Bertz CT molecular complexity index is 573. The van der Waals surface area contributed by atoms with Crippen LogP contribution in [0.2, 0.25) is 0 Å². The molecule has 3 heteroatoms. The number of anilines is 1. The van der Waals surface area contributed by atoms with Crippen molar-refractivity contribution >= 4 is 30.5 Å². The van der Waals surface area contributed by atoms with E-state index in [-0.39, 0.29) is 0 Å². The molecule has 0 aliphatic rings. The third-order valence-electron chi connectivity index (χ3n) is 3.52. The molecule has 110 valence electrons. The molecule has 2 rings (SSSR count). The summed E-state index contributed by atoms with van der Waals surface area (Å²) in [5, 5.41) is 0. The highest BCUT2D eigenvalue weighted by atomic mass is 32.1. The zero-order valence-electron chi connectivity index (χ0n) is 12.7. The fourth-order valence-electron chi connectivity index (χ4n) is 2.10. The summed E-state index contributed by atoms with van der Waals surface area (Å²) in [6.07, 6.45) is 8.50. The molecule has 0 atom stereocenters. The molecule has 0 aliphatic carbocycles. The van der Waals surface area contributed by atoms with Crippen LogP contribution in [0.3, 0.4) is 0 Å². The standard InChI is InChI=1S/C18H22N2S/c1-3-20-12-10-17(11-13-20)5-4-16-6-8-18(9-7-16)19(2)14-15-21/h4-13H,3,14-15H2,1-2H3/p+1. The number of hydrogen-bond acceptors (Lipinski definition) is 2. The van der Waals surface area contributed by atoms with E-state index in [9.17, 15) is 0 Å². The maximum Gasteiger partial charge on any atom is 0.169 e. The lowest BCUT2D eigenvalue weighted by Crippen LogP contribution is -2.30. The Morgan fingerprint density at radius 3 is 2.10 bits per heavy atom. The molecule has 0 aliphatic heterocycles. The molecule has 0 unspecified atom stereocenters. The first-order chi connectivity index (χ1) is 10.2. The van der Waals surface area contributed by atoms with E-state index in [1.807, 2.05) is 0 Å². The lowest BCUT2D eigenvalue weighted by Gasteiger charge is -2.17. The van der Waals surface area contributed by atoms with Gasteiger partial charge in [0.15, 0.2) is 12.4 Å². The van der Waals surface area contributed by atoms with Crippen LogP contribution in [0.1, 0.15) is 18.1 Å². The van der Waals surface area contributed by atoms with Gasteiger partial charge in [-0.2, -0.15) is 12.6 Å². The van der Waals surface area contributed by atoms with Crippen molar-refractivity contribution in [3.8, 4) is 0 Å². The number of aromatic nitrogens is 1. The summed E-state index contributed by atoms with van der Waals surface area (Å²) in [6.45, 7) is 4.10. The van der Waals surface area contributed by atoms with E-state index < -0.39 is 0 Å². The zero-order valence-corrected chi connectivity index (χ0v) is 13.6. The Kier molecular flexibility index (Phi) is 5.88. The molecule has 0 saturated heterocycles. The molecule has 0 N–H and O–H groups in total. The summed E-state index contributed by atoms with van der Waals surface area (Å²) < 4.78 is 2.16. The highest BCUT2D eigenvalue weighted by Crippen LogP contribution is 2.15. The van der Waals surface area contributed by atoms with Gasteiger partial charge in [0.2, 0.25) is 0 Å². The van der Waals surface area contributed by atoms with Crippen LogP contribution in [0.15, 0.2) is 48.8 Å². The highest BCUT2D eigenvalue weighted by molar-refractivity contribution is 7.80. The third-order valence-corrected chi connectivity index (χ3v) is 3.72. The first kappa shape index (κ1) is 15.6. The normalized spacial score (nSPS) is 11.0. The van der Waals surface area contributed by atoms with Crippen LogP contribution >= 0.6 is 12.6 Å². The Morgan fingerprint density at radius 1 is 1.00 bits per heavy atom. The molecule has 0 spiro atoms. The van der Waals surface area contributed by atoms with Crippen molar-refractivity contribution in [3.05, 3.63) is 59.9 Å². The molecular formula is C18H23N2S+. The van der Waals surface area contributed by atoms with Crippen molar-refractivity contribution in [3.63, 3.8) is 0 Å². The summed E-state index contributed by atoms with van der Waals surface area (Å²) >= 11 is 4.26. The van der Waals surface area contributed by atoms with Crippen molar-refractivity contribution in [1.82, 2.24) is 0 Å². The molecule has 0 fully saturated rings. The molecular weight excluding hydrogens is 276 g/mol. The van der Waals surface area contributed by atoms with Crippen LogP contribution < -0.4 is 9.47 Å². The average molecular weight is 299 g/mol. The van der Waals surface area contributed by atoms with Gasteiger partial charge in [-0.3, -0.25) is 0 Å². The van der Waals surface area contributed by atoms with Gasteiger partial charge in [0, 0.05) is 37.2 Å². The summed E-state index contributed by atoms with van der Waals surface area (Å²) in [6, 6.07) is 12.9. The van der Waals surface area contributed by atoms with Crippen molar-refractivity contribution in [2.24, 2.45) is 0 Å². The first-order valence-electron chi connectivity index (χ1n) is 7.32. The molecule has 0 saturated carbocycles. The number of nitrogens with zero attached hydrogens (tertiary/aromatic N) is 2. The first-order valence-corrected chi connectivity index (χ1v) is 7.95. The number of hydrogen-bond donors (Lipinski definition) is 1. The van der Waals surface area contributed by atoms with Crippen molar-refractivity contribution < 1.29 is 4.57 Å². The largest absolute Gasteiger partial charge is 0.374 e. The lowest BCUT2D eigenvalue weighted by molar-refractivity contribution is -0.693. The number of pyridine rings is 1. The van der Waals surface area contributed by atoms with Crippen LogP contribution in [0.25, 0.3) is 12.2 Å². The molecule has 0 amide bonds. The molecule has 1 aromatic carbocycles. The molecule has 0 bridgehead atoms. The summed E-state index contributed by atoms with van der Waals surface area (Å²) in [5.74, 6) is 0.865. The number of aryl methyl sites for hydroxylation is 1. The number of benzene rings is 1. The number of rotatable bonds is 6. The van der Waals surface area contributed by atoms with E-state index in [0.717, 1.165) is 18.8 Å². The summed E-state index contributed by atoms with van der Waals surface area (Å²) in [5.41, 5.74) is 3.66. The van der Waals surface area contributed by atoms with Gasteiger partial charge in [-0.05, 0) is 30.2 Å². The molecule has 1 aromatic heterocycles. The Labute approximate surface area is 133 Å². The van der Waals surface area contributed by atoms with E-state index in [1.54, 1.807) is 0 Å². The van der Waals surface area contributed by atoms with E-state index in [4.69, 9.17) is 0 Å². The van der Waals surface area contributed by atoms with E-state index in [1.165, 1.54) is 16.8 Å². The zero-order chi connectivity index (χ0) is 15.1. The molecule has 0 radical (unpaired) electrons. The second-order valence-electron chi connectivity index (χ2n) is 5.03. The molecule has 2 aromatic rings. The summed E-state index contributed by atoms with van der Waals surface area (Å²) in [4.78, 5) is 2.21. The third kappa shape index (κ3) is 4.64. The van der Waals surface area contributed by atoms with Crippen molar-refractivity contribution in [1.29, 1.82) is 0 Å². The van der Waals surface area contributed by atoms with Gasteiger partial charge in [-0.15, -0.1) is 0 Å². The van der Waals surface area contributed by atoms with E-state index in [0.29, 0.717) is 0 Å². The van der Waals surface area contributed by atoms with Crippen LogP contribution in [0.5, 0.6) is 0 Å². The van der Waals surface area contributed by atoms with E-state index >= 15 is 0 Å². The monoisotopic (exact) mass is 299 g/mol. The van der Waals surface area contributed by atoms with Crippen LogP contribution in [-0.2, 0) is 6.54 Å². The molecule has 1 heterocycles. The molecule has 2 nitrogen and oxygen atoms in total. The van der Waals surface area contributed by atoms with Crippen LogP contribution in [-0.4, -0.2) is 19.3 Å². The Balaban J connectivity index is 2.03. The maximum atomic E-state index is 4.26. The highest BCUT2D eigenvalue weighted by Gasteiger charge is 1.99. The number of thiol groups is 1. The quantitative estimate of drug-likeness (QED) is 0.633. The van der Waals surface area contributed by atoms with Crippen LogP contribution in [0, 0.1) is 0 Å². The second kappa shape index (κ2) is 7.89. The predicted molar refractivity (Wildman–Crippen MR) is 94.8 cm³/mol.